The molecule has 3 rings (SSSR count). The number of rotatable bonds is 2. The molecule has 2 aromatic carbocycles. The summed E-state index contributed by atoms with van der Waals surface area (Å²) >= 11 is 0. The van der Waals surface area contributed by atoms with E-state index in [1.807, 2.05) is 59.5 Å². The minimum atomic E-state index is 0.0542. The number of aryl methyl sites for hydroxylation is 1. The summed E-state index contributed by atoms with van der Waals surface area (Å²) in [6.07, 6.45) is 5.62. The third-order valence-electron chi connectivity index (χ3n) is 3.98. The van der Waals surface area contributed by atoms with E-state index in [0.717, 1.165) is 24.1 Å². The van der Waals surface area contributed by atoms with E-state index >= 15 is 0 Å². The van der Waals surface area contributed by atoms with Gasteiger partial charge in [-0.3, -0.25) is 4.79 Å². The Labute approximate surface area is 125 Å². The molecule has 0 unspecified atom stereocenters. The average molecular weight is 277 g/mol. The average Bonchev–Trinajstić information content (AvgIpc) is 2.53. The molecule has 2 aromatic rings. The van der Waals surface area contributed by atoms with E-state index in [2.05, 4.69) is 13.0 Å². The van der Waals surface area contributed by atoms with Gasteiger partial charge in [0.25, 0.3) is 5.91 Å². The van der Waals surface area contributed by atoms with Crippen molar-refractivity contribution in [3.8, 4) is 0 Å². The SMILES string of the molecule is C[C@@H]1CCc2ccccc2N1C(=O)/C=C/c1ccccc1. The topological polar surface area (TPSA) is 20.3 Å². The lowest BCUT2D eigenvalue weighted by molar-refractivity contribution is -0.114. The van der Waals surface area contributed by atoms with Crippen LogP contribution in [0.25, 0.3) is 6.08 Å². The number of nitrogens with zero attached hydrogens (tertiary/aromatic N) is 1. The maximum absolute atomic E-state index is 12.6. The Morgan fingerprint density at radius 2 is 1.81 bits per heavy atom. The molecular weight excluding hydrogens is 258 g/mol. The molecule has 1 amide bonds. The number of hydrogen-bond donors (Lipinski definition) is 0. The van der Waals surface area contributed by atoms with Crippen LogP contribution in [0.2, 0.25) is 0 Å². The van der Waals surface area contributed by atoms with Gasteiger partial charge in [-0.15, -0.1) is 0 Å². The fraction of sp³-hybridized carbons (Fsp3) is 0.211. The zero-order valence-electron chi connectivity index (χ0n) is 12.2. The van der Waals surface area contributed by atoms with Crippen LogP contribution in [0.1, 0.15) is 24.5 Å². The molecule has 0 radical (unpaired) electrons. The normalized spacial score (nSPS) is 17.8. The Hall–Kier alpha value is -2.35. The van der Waals surface area contributed by atoms with Crippen molar-refractivity contribution in [1.82, 2.24) is 0 Å². The van der Waals surface area contributed by atoms with Gasteiger partial charge >= 0.3 is 0 Å². The van der Waals surface area contributed by atoms with E-state index in [9.17, 15) is 4.79 Å². The first-order valence-electron chi connectivity index (χ1n) is 7.40. The molecule has 106 valence electrons. The van der Waals surface area contributed by atoms with Gasteiger partial charge in [-0.1, -0.05) is 48.5 Å². The van der Waals surface area contributed by atoms with E-state index in [1.165, 1.54) is 5.56 Å². The van der Waals surface area contributed by atoms with Crippen LogP contribution in [0.4, 0.5) is 5.69 Å². The maximum atomic E-state index is 12.6. The summed E-state index contributed by atoms with van der Waals surface area (Å²) in [4.78, 5) is 14.5. The quantitative estimate of drug-likeness (QED) is 0.758. The standard InChI is InChI=1S/C19H19NO/c1-15-11-13-17-9-5-6-10-18(17)20(15)19(21)14-12-16-7-3-2-4-8-16/h2-10,12,14-15H,11,13H2,1H3/b14-12+/t15-/m1/s1. The van der Waals surface area contributed by atoms with Crippen LogP contribution in [0.3, 0.4) is 0 Å². The lowest BCUT2D eigenvalue weighted by Gasteiger charge is -2.34. The van der Waals surface area contributed by atoms with E-state index in [0.29, 0.717) is 0 Å². The third kappa shape index (κ3) is 2.89. The van der Waals surface area contributed by atoms with Crippen molar-refractivity contribution >= 4 is 17.7 Å². The largest absolute Gasteiger partial charge is 0.306 e. The minimum Gasteiger partial charge on any atom is -0.306 e. The second-order valence-corrected chi connectivity index (χ2v) is 5.47. The highest BCUT2D eigenvalue weighted by atomic mass is 16.2. The predicted octanol–water partition coefficient (Wildman–Crippen LogP) is 4.07. The number of carbonyl (C=O) groups excluding carboxylic acids is 1. The number of benzene rings is 2. The van der Waals surface area contributed by atoms with Crippen LogP contribution in [0, 0.1) is 0 Å². The van der Waals surface area contributed by atoms with E-state index in [1.54, 1.807) is 6.08 Å². The smallest absolute Gasteiger partial charge is 0.251 e. The second kappa shape index (κ2) is 5.96. The predicted molar refractivity (Wildman–Crippen MR) is 87.2 cm³/mol. The summed E-state index contributed by atoms with van der Waals surface area (Å²) in [6.45, 7) is 2.12. The first kappa shape index (κ1) is 13.6. The van der Waals surface area contributed by atoms with Gasteiger partial charge in [0.05, 0.1) is 0 Å². The molecule has 0 spiro atoms. The van der Waals surface area contributed by atoms with Crippen LogP contribution >= 0.6 is 0 Å². The molecule has 2 heteroatoms. The van der Waals surface area contributed by atoms with E-state index in [4.69, 9.17) is 0 Å². The lowest BCUT2D eigenvalue weighted by Crippen LogP contribution is -2.41. The van der Waals surface area contributed by atoms with Crippen molar-refractivity contribution in [1.29, 1.82) is 0 Å². The first-order valence-corrected chi connectivity index (χ1v) is 7.40. The molecule has 0 bridgehead atoms. The molecule has 0 aromatic heterocycles. The van der Waals surface area contributed by atoms with Crippen molar-refractivity contribution in [2.45, 2.75) is 25.8 Å². The van der Waals surface area contributed by atoms with Crippen molar-refractivity contribution in [3.05, 3.63) is 71.8 Å². The molecule has 2 nitrogen and oxygen atoms in total. The Balaban J connectivity index is 1.86. The van der Waals surface area contributed by atoms with E-state index in [-0.39, 0.29) is 11.9 Å². The third-order valence-corrected chi connectivity index (χ3v) is 3.98. The fourth-order valence-electron chi connectivity index (χ4n) is 2.84. The minimum absolute atomic E-state index is 0.0542. The number of anilines is 1. The summed E-state index contributed by atoms with van der Waals surface area (Å²) in [7, 11) is 0. The van der Waals surface area contributed by atoms with Gasteiger partial charge in [0.1, 0.15) is 0 Å². The first-order chi connectivity index (χ1) is 10.3. The van der Waals surface area contributed by atoms with Gasteiger partial charge in [0.15, 0.2) is 0 Å². The van der Waals surface area contributed by atoms with Gasteiger partial charge in [-0.05, 0) is 43.0 Å². The molecule has 1 atom stereocenters. The van der Waals surface area contributed by atoms with Crippen molar-refractivity contribution in [2.75, 3.05) is 4.90 Å². The number of carbonyl (C=O) groups is 1. The highest BCUT2D eigenvalue weighted by molar-refractivity contribution is 6.05. The van der Waals surface area contributed by atoms with Crippen LogP contribution in [0.15, 0.2) is 60.7 Å². The zero-order valence-corrected chi connectivity index (χ0v) is 12.2. The second-order valence-electron chi connectivity index (χ2n) is 5.47. The van der Waals surface area contributed by atoms with Crippen LogP contribution < -0.4 is 4.90 Å². The van der Waals surface area contributed by atoms with Gasteiger partial charge in [-0.2, -0.15) is 0 Å². The zero-order chi connectivity index (χ0) is 14.7. The molecule has 0 N–H and O–H groups in total. The molecule has 0 saturated carbocycles. The molecule has 0 fully saturated rings. The number of hydrogen-bond acceptors (Lipinski definition) is 1. The number of amides is 1. The molecule has 0 saturated heterocycles. The summed E-state index contributed by atoms with van der Waals surface area (Å²) in [5, 5.41) is 0. The summed E-state index contributed by atoms with van der Waals surface area (Å²) in [5.41, 5.74) is 3.36. The van der Waals surface area contributed by atoms with Crippen molar-refractivity contribution in [2.24, 2.45) is 0 Å². The fourth-order valence-corrected chi connectivity index (χ4v) is 2.84. The summed E-state index contributed by atoms with van der Waals surface area (Å²) in [5.74, 6) is 0.0542. The van der Waals surface area contributed by atoms with Gasteiger partial charge in [0, 0.05) is 17.8 Å². The summed E-state index contributed by atoms with van der Waals surface area (Å²) < 4.78 is 0. The Morgan fingerprint density at radius 3 is 2.62 bits per heavy atom. The monoisotopic (exact) mass is 277 g/mol. The van der Waals surface area contributed by atoms with Gasteiger partial charge < -0.3 is 4.90 Å². The molecule has 1 aliphatic heterocycles. The lowest BCUT2D eigenvalue weighted by atomic mass is 9.96. The highest BCUT2D eigenvalue weighted by Crippen LogP contribution is 2.30. The van der Waals surface area contributed by atoms with Crippen LogP contribution in [-0.2, 0) is 11.2 Å². The highest BCUT2D eigenvalue weighted by Gasteiger charge is 2.26. The van der Waals surface area contributed by atoms with Crippen molar-refractivity contribution in [3.63, 3.8) is 0 Å². The Bertz CT molecular complexity index is 660. The Morgan fingerprint density at radius 1 is 1.10 bits per heavy atom. The number of para-hydroxylation sites is 1. The van der Waals surface area contributed by atoms with Gasteiger partial charge in [0.2, 0.25) is 0 Å². The van der Waals surface area contributed by atoms with Crippen LogP contribution in [-0.4, -0.2) is 11.9 Å². The van der Waals surface area contributed by atoms with Crippen LogP contribution in [0.5, 0.6) is 0 Å². The summed E-state index contributed by atoms with van der Waals surface area (Å²) in [6, 6.07) is 18.4. The molecular formula is C19H19NO. The molecule has 1 aliphatic rings. The maximum Gasteiger partial charge on any atom is 0.251 e. The van der Waals surface area contributed by atoms with Gasteiger partial charge in [-0.25, -0.2) is 0 Å². The molecule has 21 heavy (non-hydrogen) atoms. The Kier molecular flexibility index (Phi) is 3.87. The molecule has 0 aliphatic carbocycles. The van der Waals surface area contributed by atoms with Crippen molar-refractivity contribution < 1.29 is 4.79 Å². The molecule has 1 heterocycles. The number of fused-ring (bicyclic) bond motifs is 1. The van der Waals surface area contributed by atoms with E-state index < -0.39 is 0 Å².